The van der Waals surface area contributed by atoms with Gasteiger partial charge in [0, 0.05) is 10.6 Å². The Morgan fingerprint density at radius 3 is 2.74 bits per heavy atom. The second-order valence-electron chi connectivity index (χ2n) is 4.70. The van der Waals surface area contributed by atoms with Crippen molar-refractivity contribution in [3.63, 3.8) is 0 Å². The largest absolute Gasteiger partial charge is 0.483 e. The number of rotatable bonds is 7. The Hall–Kier alpha value is -2.59. The maximum absolute atomic E-state index is 11.8. The molecule has 0 bridgehead atoms. The lowest BCUT2D eigenvalue weighted by Gasteiger charge is -2.09. The lowest BCUT2D eigenvalue weighted by Crippen LogP contribution is -2.24. The van der Waals surface area contributed by atoms with Crippen LogP contribution in [0.3, 0.4) is 0 Å². The van der Waals surface area contributed by atoms with Gasteiger partial charge in [-0.15, -0.1) is 6.58 Å². The van der Waals surface area contributed by atoms with Crippen molar-refractivity contribution in [3.8, 4) is 5.75 Å². The topological polar surface area (TPSA) is 50.7 Å². The summed E-state index contributed by atoms with van der Waals surface area (Å²) >= 11 is 5.99. The zero-order chi connectivity index (χ0) is 16.5. The van der Waals surface area contributed by atoms with E-state index in [1.165, 1.54) is 6.21 Å². The normalized spacial score (nSPS) is 10.5. The highest BCUT2D eigenvalue weighted by Gasteiger charge is 2.05. The number of nitrogens with one attached hydrogen (secondary N) is 1. The molecule has 1 amide bonds. The van der Waals surface area contributed by atoms with Gasteiger partial charge in [0.1, 0.15) is 5.75 Å². The summed E-state index contributed by atoms with van der Waals surface area (Å²) in [7, 11) is 0. The summed E-state index contributed by atoms with van der Waals surface area (Å²) in [6.45, 7) is 3.59. The number of halogens is 1. The average molecular weight is 329 g/mol. The number of amides is 1. The molecule has 0 saturated carbocycles. The summed E-state index contributed by atoms with van der Waals surface area (Å²) < 4.78 is 5.52. The van der Waals surface area contributed by atoms with Crippen molar-refractivity contribution in [1.29, 1.82) is 0 Å². The molecule has 0 aliphatic heterocycles. The molecule has 5 heteroatoms. The molecule has 2 aromatic carbocycles. The first-order valence-corrected chi connectivity index (χ1v) is 7.46. The Morgan fingerprint density at radius 1 is 1.22 bits per heavy atom. The van der Waals surface area contributed by atoms with Crippen LogP contribution in [0.15, 0.2) is 66.3 Å². The first-order valence-electron chi connectivity index (χ1n) is 7.08. The van der Waals surface area contributed by atoms with Crippen LogP contribution in [0, 0.1) is 0 Å². The highest BCUT2D eigenvalue weighted by atomic mass is 35.5. The first-order chi connectivity index (χ1) is 11.2. The van der Waals surface area contributed by atoms with E-state index in [1.54, 1.807) is 18.2 Å². The van der Waals surface area contributed by atoms with Gasteiger partial charge in [-0.1, -0.05) is 54.1 Å². The maximum Gasteiger partial charge on any atom is 0.277 e. The van der Waals surface area contributed by atoms with E-state index in [0.29, 0.717) is 17.2 Å². The molecule has 118 valence electrons. The summed E-state index contributed by atoms with van der Waals surface area (Å²) in [5, 5.41) is 4.44. The number of benzene rings is 2. The van der Waals surface area contributed by atoms with Gasteiger partial charge in [-0.3, -0.25) is 4.79 Å². The van der Waals surface area contributed by atoms with Crippen LogP contribution in [0.2, 0.25) is 5.02 Å². The minimum absolute atomic E-state index is 0.117. The van der Waals surface area contributed by atoms with E-state index in [-0.39, 0.29) is 12.5 Å². The average Bonchev–Trinajstić information content (AvgIpc) is 2.56. The van der Waals surface area contributed by atoms with Gasteiger partial charge in [0.2, 0.25) is 0 Å². The molecule has 0 fully saturated rings. The molecular formula is C18H17ClN2O2. The molecular weight excluding hydrogens is 312 g/mol. The van der Waals surface area contributed by atoms with Crippen LogP contribution in [0.5, 0.6) is 5.75 Å². The van der Waals surface area contributed by atoms with Gasteiger partial charge in [-0.25, -0.2) is 5.43 Å². The second-order valence-corrected chi connectivity index (χ2v) is 5.11. The van der Waals surface area contributed by atoms with Crippen LogP contribution < -0.4 is 10.2 Å². The number of ether oxygens (including phenoxy) is 1. The quantitative estimate of drug-likeness (QED) is 0.479. The van der Waals surface area contributed by atoms with Crippen LogP contribution in [-0.2, 0) is 11.2 Å². The van der Waals surface area contributed by atoms with Crippen LogP contribution in [0.4, 0.5) is 0 Å². The van der Waals surface area contributed by atoms with Gasteiger partial charge in [0.15, 0.2) is 6.61 Å². The highest BCUT2D eigenvalue weighted by molar-refractivity contribution is 6.33. The molecule has 0 atom stereocenters. The number of allylic oxidation sites excluding steroid dienone is 1. The molecule has 0 aromatic heterocycles. The van der Waals surface area contributed by atoms with Crippen molar-refractivity contribution < 1.29 is 9.53 Å². The highest BCUT2D eigenvalue weighted by Crippen LogP contribution is 2.18. The van der Waals surface area contributed by atoms with Crippen LogP contribution in [0.25, 0.3) is 0 Å². The third-order valence-electron chi connectivity index (χ3n) is 2.99. The maximum atomic E-state index is 11.8. The summed E-state index contributed by atoms with van der Waals surface area (Å²) in [6, 6.07) is 14.8. The smallest absolute Gasteiger partial charge is 0.277 e. The summed E-state index contributed by atoms with van der Waals surface area (Å²) in [4.78, 5) is 11.8. The molecule has 2 aromatic rings. The molecule has 0 heterocycles. The lowest BCUT2D eigenvalue weighted by atomic mass is 10.1. The number of carbonyl (C=O) groups is 1. The van der Waals surface area contributed by atoms with E-state index in [9.17, 15) is 4.79 Å². The molecule has 4 nitrogen and oxygen atoms in total. The molecule has 0 aliphatic carbocycles. The molecule has 23 heavy (non-hydrogen) atoms. The van der Waals surface area contributed by atoms with Crippen molar-refractivity contribution in [2.45, 2.75) is 6.42 Å². The fraction of sp³-hybridized carbons (Fsp3) is 0.111. The molecule has 0 saturated heterocycles. The minimum Gasteiger partial charge on any atom is -0.483 e. The third kappa shape index (κ3) is 5.27. The zero-order valence-corrected chi connectivity index (χ0v) is 13.3. The Labute approximate surface area is 140 Å². The SMILES string of the molecule is C=CCc1ccccc1OCC(=O)NN=Cc1ccccc1Cl. The Kier molecular flexibility index (Phi) is 6.39. The van der Waals surface area contributed by atoms with E-state index in [0.717, 1.165) is 11.1 Å². The predicted octanol–water partition coefficient (Wildman–Crippen LogP) is 3.60. The zero-order valence-electron chi connectivity index (χ0n) is 12.5. The van der Waals surface area contributed by atoms with E-state index < -0.39 is 0 Å². The van der Waals surface area contributed by atoms with Crippen molar-refractivity contribution in [2.24, 2.45) is 5.10 Å². The number of nitrogens with zero attached hydrogens (tertiary/aromatic N) is 1. The van der Waals surface area contributed by atoms with Gasteiger partial charge < -0.3 is 4.74 Å². The molecule has 0 unspecified atom stereocenters. The molecule has 0 aliphatic rings. The molecule has 0 spiro atoms. The third-order valence-corrected chi connectivity index (χ3v) is 3.34. The monoisotopic (exact) mass is 328 g/mol. The number of hydrogen-bond acceptors (Lipinski definition) is 3. The Morgan fingerprint density at radius 2 is 1.96 bits per heavy atom. The van der Waals surface area contributed by atoms with Crippen molar-refractivity contribution in [3.05, 3.63) is 77.3 Å². The fourth-order valence-corrected chi connectivity index (χ4v) is 2.08. The van der Waals surface area contributed by atoms with Gasteiger partial charge >= 0.3 is 0 Å². The standard InChI is InChI=1S/C18H17ClN2O2/c1-2-7-14-8-4-6-11-17(14)23-13-18(22)21-20-12-15-9-3-5-10-16(15)19/h2-6,8-12H,1,7,13H2,(H,21,22). The molecule has 0 radical (unpaired) electrons. The molecule has 2 rings (SSSR count). The van der Waals surface area contributed by atoms with Crippen molar-refractivity contribution >= 4 is 23.7 Å². The summed E-state index contributed by atoms with van der Waals surface area (Å²) in [5.41, 5.74) is 4.12. The Bertz CT molecular complexity index is 714. The summed E-state index contributed by atoms with van der Waals surface area (Å²) in [6.07, 6.45) is 3.96. The van der Waals surface area contributed by atoms with Crippen LogP contribution in [-0.4, -0.2) is 18.7 Å². The lowest BCUT2D eigenvalue weighted by molar-refractivity contribution is -0.123. The number of carbonyl (C=O) groups excluding carboxylic acids is 1. The summed E-state index contributed by atoms with van der Waals surface area (Å²) in [5.74, 6) is 0.319. The van der Waals surface area contributed by atoms with Gasteiger partial charge in [-0.2, -0.15) is 5.10 Å². The molecule has 1 N–H and O–H groups in total. The van der Waals surface area contributed by atoms with E-state index in [2.05, 4.69) is 17.1 Å². The number of hydrazone groups is 1. The first kappa shape index (κ1) is 16.8. The van der Waals surface area contributed by atoms with Crippen molar-refractivity contribution in [2.75, 3.05) is 6.61 Å². The van der Waals surface area contributed by atoms with Gasteiger partial charge in [0.05, 0.1) is 6.21 Å². The van der Waals surface area contributed by atoms with Crippen LogP contribution in [0.1, 0.15) is 11.1 Å². The fourth-order valence-electron chi connectivity index (χ4n) is 1.90. The number of para-hydroxylation sites is 1. The second kappa shape index (κ2) is 8.76. The predicted molar refractivity (Wildman–Crippen MR) is 93.0 cm³/mol. The van der Waals surface area contributed by atoms with Crippen molar-refractivity contribution in [1.82, 2.24) is 5.43 Å². The van der Waals surface area contributed by atoms with E-state index in [1.807, 2.05) is 36.4 Å². The van der Waals surface area contributed by atoms with Crippen LogP contribution >= 0.6 is 11.6 Å². The van der Waals surface area contributed by atoms with Gasteiger partial charge in [-0.05, 0) is 24.1 Å². The van der Waals surface area contributed by atoms with E-state index in [4.69, 9.17) is 16.3 Å². The van der Waals surface area contributed by atoms with E-state index >= 15 is 0 Å². The Balaban J connectivity index is 1.86. The number of hydrogen-bond donors (Lipinski definition) is 1. The minimum atomic E-state index is -0.346. The van der Waals surface area contributed by atoms with Gasteiger partial charge in [0.25, 0.3) is 5.91 Å².